The molecule has 1 aromatic heterocycles. The van der Waals surface area contributed by atoms with Crippen LogP contribution >= 0.6 is 11.8 Å². The van der Waals surface area contributed by atoms with Crippen molar-refractivity contribution in [2.24, 2.45) is 0 Å². The minimum absolute atomic E-state index is 0.199. The first-order valence-electron chi connectivity index (χ1n) is 8.35. The van der Waals surface area contributed by atoms with Crippen molar-refractivity contribution in [3.63, 3.8) is 0 Å². The summed E-state index contributed by atoms with van der Waals surface area (Å²) in [4.78, 5) is 8.71. The number of fused-ring (bicyclic) bond motifs is 1. The van der Waals surface area contributed by atoms with Gasteiger partial charge in [0.15, 0.2) is 0 Å². The molecule has 1 aromatic carbocycles. The summed E-state index contributed by atoms with van der Waals surface area (Å²) in [5.74, 6) is 3.15. The number of nitrogens with zero attached hydrogens (tertiary/aromatic N) is 3. The second kappa shape index (κ2) is 7.32. The van der Waals surface area contributed by atoms with E-state index in [1.165, 1.54) is 17.3 Å². The molecule has 3 rings (SSSR count). The van der Waals surface area contributed by atoms with Gasteiger partial charge >= 0.3 is 0 Å². The monoisotopic (exact) mass is 355 g/mol. The van der Waals surface area contributed by atoms with Crippen molar-refractivity contribution in [1.82, 2.24) is 9.97 Å². The topological polar surface area (TPSA) is 68.0 Å². The zero-order valence-corrected chi connectivity index (χ0v) is 15.7. The number of benzene rings is 1. The molecule has 1 atom stereocenters. The summed E-state index contributed by atoms with van der Waals surface area (Å²) in [6, 6.07) is 6.36. The second-order valence-electron chi connectivity index (χ2n) is 6.07. The summed E-state index contributed by atoms with van der Waals surface area (Å²) in [6.45, 7) is 8.35. The molecule has 2 aromatic rings. The third-order valence-electron chi connectivity index (χ3n) is 4.02. The highest BCUT2D eigenvalue weighted by Crippen LogP contribution is 2.38. The van der Waals surface area contributed by atoms with Crippen molar-refractivity contribution in [3.05, 3.63) is 40.3 Å². The molecule has 130 valence electrons. The molecule has 0 aliphatic carbocycles. The van der Waals surface area contributed by atoms with Crippen molar-refractivity contribution < 1.29 is 9.47 Å². The van der Waals surface area contributed by atoms with E-state index in [9.17, 15) is 5.26 Å². The van der Waals surface area contributed by atoms with E-state index >= 15 is 0 Å². The Morgan fingerprint density at radius 2 is 2.16 bits per heavy atom. The predicted octanol–water partition coefficient (Wildman–Crippen LogP) is 3.98. The molecule has 5 nitrogen and oxygen atoms in total. The summed E-state index contributed by atoms with van der Waals surface area (Å²) in [5.41, 5.74) is 3.50. The van der Waals surface area contributed by atoms with Crippen LogP contribution in [0.2, 0.25) is 0 Å². The van der Waals surface area contributed by atoms with Gasteiger partial charge in [0, 0.05) is 23.3 Å². The normalized spacial score (nSPS) is 15.4. The largest absolute Gasteiger partial charge is 0.494 e. The minimum Gasteiger partial charge on any atom is -0.494 e. The van der Waals surface area contributed by atoms with Crippen LogP contribution in [0.1, 0.15) is 42.1 Å². The van der Waals surface area contributed by atoms with Gasteiger partial charge in [0.2, 0.25) is 0 Å². The highest BCUT2D eigenvalue weighted by atomic mass is 32.2. The molecule has 0 saturated heterocycles. The van der Waals surface area contributed by atoms with E-state index in [-0.39, 0.29) is 6.10 Å². The van der Waals surface area contributed by atoms with E-state index in [1.54, 1.807) is 0 Å². The number of rotatable bonds is 5. The lowest BCUT2D eigenvalue weighted by Crippen LogP contribution is -2.05. The Morgan fingerprint density at radius 1 is 1.36 bits per heavy atom. The molecular weight excluding hydrogens is 334 g/mol. The van der Waals surface area contributed by atoms with Gasteiger partial charge in [-0.1, -0.05) is 0 Å². The molecule has 0 spiro atoms. The summed E-state index contributed by atoms with van der Waals surface area (Å²) in [5, 5.41) is 10.1. The van der Waals surface area contributed by atoms with E-state index in [0.29, 0.717) is 34.5 Å². The second-order valence-corrected chi connectivity index (χ2v) is 7.03. The smallest absolute Gasteiger partial charge is 0.126 e. The van der Waals surface area contributed by atoms with Crippen molar-refractivity contribution in [1.29, 1.82) is 5.26 Å². The lowest BCUT2D eigenvalue weighted by Gasteiger charge is -2.13. The molecule has 25 heavy (non-hydrogen) atoms. The van der Waals surface area contributed by atoms with Gasteiger partial charge in [0.25, 0.3) is 0 Å². The maximum atomic E-state index is 9.39. The first-order valence-corrected chi connectivity index (χ1v) is 9.33. The highest BCUT2D eigenvalue weighted by Gasteiger charge is 2.22. The van der Waals surface area contributed by atoms with Crippen molar-refractivity contribution in [2.45, 2.75) is 51.0 Å². The Kier molecular flexibility index (Phi) is 5.14. The van der Waals surface area contributed by atoms with Crippen LogP contribution in [0.4, 0.5) is 0 Å². The lowest BCUT2D eigenvalue weighted by molar-refractivity contribution is 0.254. The fourth-order valence-corrected chi connectivity index (χ4v) is 4.00. The average molecular weight is 355 g/mol. The van der Waals surface area contributed by atoms with Crippen LogP contribution in [0.3, 0.4) is 0 Å². The van der Waals surface area contributed by atoms with Gasteiger partial charge in [-0.05, 0) is 39.8 Å². The zero-order valence-electron chi connectivity index (χ0n) is 14.9. The van der Waals surface area contributed by atoms with Gasteiger partial charge in [0.1, 0.15) is 40.1 Å². The molecule has 1 aliphatic rings. The molecule has 1 unspecified atom stereocenters. The van der Waals surface area contributed by atoms with Gasteiger partial charge in [-0.15, -0.1) is 11.8 Å². The molecule has 2 heterocycles. The van der Waals surface area contributed by atoms with Gasteiger partial charge in [-0.2, -0.15) is 5.26 Å². The van der Waals surface area contributed by atoms with Crippen LogP contribution < -0.4 is 9.47 Å². The summed E-state index contributed by atoms with van der Waals surface area (Å²) >= 11 is 1.53. The Morgan fingerprint density at radius 3 is 2.88 bits per heavy atom. The van der Waals surface area contributed by atoms with Crippen LogP contribution in [0, 0.1) is 25.2 Å². The molecule has 0 bridgehead atoms. The van der Waals surface area contributed by atoms with Gasteiger partial charge in [-0.25, -0.2) is 9.97 Å². The van der Waals surface area contributed by atoms with Gasteiger partial charge in [0.05, 0.1) is 12.3 Å². The highest BCUT2D eigenvalue weighted by molar-refractivity contribution is 7.98. The molecule has 0 N–H and O–H groups in total. The Bertz CT molecular complexity index is 846. The molecule has 0 saturated carbocycles. The standard InChI is InChI=1S/C19H21N3O2S/c1-5-23-17-7-14-6-11(2)24-18(14)8-15(17)10-25-19-16(9-20)12(3)21-13(4)22-19/h7-8,11H,5-6,10H2,1-4H3. The average Bonchev–Trinajstić information content (AvgIpc) is 2.91. The van der Waals surface area contributed by atoms with E-state index in [2.05, 4.69) is 35.1 Å². The summed E-state index contributed by atoms with van der Waals surface area (Å²) < 4.78 is 11.7. The SMILES string of the molecule is CCOc1cc2c(cc1CSc1nc(C)nc(C)c1C#N)OC(C)C2. The number of hydrogen-bond donors (Lipinski definition) is 0. The Labute approximate surface area is 152 Å². The van der Waals surface area contributed by atoms with Crippen LogP contribution in [0.5, 0.6) is 11.5 Å². The number of hydrogen-bond acceptors (Lipinski definition) is 6. The number of nitriles is 1. The van der Waals surface area contributed by atoms with Gasteiger partial charge < -0.3 is 9.47 Å². The fourth-order valence-electron chi connectivity index (χ4n) is 2.94. The van der Waals surface area contributed by atoms with Gasteiger partial charge in [-0.3, -0.25) is 0 Å². The van der Waals surface area contributed by atoms with E-state index in [1.807, 2.05) is 20.8 Å². The van der Waals surface area contributed by atoms with Crippen LogP contribution in [0.25, 0.3) is 0 Å². The molecule has 0 radical (unpaired) electrons. The Balaban J connectivity index is 1.89. The third kappa shape index (κ3) is 3.72. The van der Waals surface area contributed by atoms with Crippen LogP contribution in [-0.4, -0.2) is 22.7 Å². The predicted molar refractivity (Wildman–Crippen MR) is 97.2 cm³/mol. The van der Waals surface area contributed by atoms with E-state index in [0.717, 1.165) is 23.5 Å². The summed E-state index contributed by atoms with van der Waals surface area (Å²) in [7, 11) is 0. The summed E-state index contributed by atoms with van der Waals surface area (Å²) in [6.07, 6.45) is 1.11. The number of aryl methyl sites for hydroxylation is 2. The maximum absolute atomic E-state index is 9.39. The fraction of sp³-hybridized carbons (Fsp3) is 0.421. The first-order chi connectivity index (χ1) is 12.0. The minimum atomic E-state index is 0.199. The quantitative estimate of drug-likeness (QED) is 0.597. The maximum Gasteiger partial charge on any atom is 0.126 e. The molecule has 1 aliphatic heterocycles. The van der Waals surface area contributed by atoms with E-state index < -0.39 is 0 Å². The Hall–Kier alpha value is -2.26. The van der Waals surface area contributed by atoms with E-state index in [4.69, 9.17) is 9.47 Å². The first kappa shape index (κ1) is 17.6. The molecule has 0 amide bonds. The van der Waals surface area contributed by atoms with Crippen molar-refractivity contribution >= 4 is 11.8 Å². The number of thioether (sulfide) groups is 1. The third-order valence-corrected chi connectivity index (χ3v) is 5.05. The van der Waals surface area contributed by atoms with Crippen molar-refractivity contribution in [3.8, 4) is 17.6 Å². The van der Waals surface area contributed by atoms with Crippen LogP contribution in [-0.2, 0) is 12.2 Å². The molecule has 6 heteroatoms. The van der Waals surface area contributed by atoms with Crippen molar-refractivity contribution in [2.75, 3.05) is 6.61 Å². The zero-order chi connectivity index (χ0) is 18.0. The number of aromatic nitrogens is 2. The molecular formula is C19H21N3O2S. The lowest BCUT2D eigenvalue weighted by atomic mass is 10.1. The number of ether oxygens (including phenoxy) is 2. The molecule has 0 fully saturated rings. The van der Waals surface area contributed by atoms with Crippen LogP contribution in [0.15, 0.2) is 17.2 Å².